The molecule has 2 heterocycles. The van der Waals surface area contributed by atoms with E-state index in [9.17, 15) is 23.7 Å². The lowest BCUT2D eigenvalue weighted by Crippen LogP contribution is -2.44. The number of aromatic amines is 1. The minimum atomic E-state index is -3.74. The van der Waals surface area contributed by atoms with Gasteiger partial charge in [0.1, 0.15) is 29.1 Å². The van der Waals surface area contributed by atoms with Gasteiger partial charge >= 0.3 is 0 Å². The molecule has 0 aliphatic carbocycles. The van der Waals surface area contributed by atoms with Crippen LogP contribution in [0.25, 0.3) is 11.1 Å². The summed E-state index contributed by atoms with van der Waals surface area (Å²) in [6.07, 6.45) is 1.05. The Labute approximate surface area is 168 Å². The first-order valence-electron chi connectivity index (χ1n) is 8.81. The largest absolute Gasteiger partial charge is 0.384 e. The van der Waals surface area contributed by atoms with Crippen molar-refractivity contribution in [2.24, 2.45) is 0 Å². The van der Waals surface area contributed by atoms with Crippen LogP contribution in [0.1, 0.15) is 11.1 Å². The number of hydrogen-bond donors (Lipinski definition) is 2. The number of nitrogen functional groups attached to an aromatic ring is 1. The molecule has 10 heteroatoms. The van der Waals surface area contributed by atoms with Gasteiger partial charge in [-0.05, 0) is 19.2 Å². The lowest BCUT2D eigenvalue weighted by molar-refractivity contribution is 0.313. The fourth-order valence-electron chi connectivity index (χ4n) is 3.40. The van der Waals surface area contributed by atoms with E-state index in [2.05, 4.69) is 14.8 Å². The molecule has 0 spiro atoms. The second kappa shape index (κ2) is 7.59. The van der Waals surface area contributed by atoms with E-state index in [1.807, 2.05) is 13.1 Å². The fourth-order valence-corrected chi connectivity index (χ4v) is 4.30. The first kappa shape index (κ1) is 20.4. The maximum absolute atomic E-state index is 12.6. The van der Waals surface area contributed by atoms with Crippen molar-refractivity contribution in [2.45, 2.75) is 4.90 Å². The van der Waals surface area contributed by atoms with E-state index in [0.717, 1.165) is 38.1 Å². The molecule has 1 aliphatic rings. The number of pyridine rings is 1. The van der Waals surface area contributed by atoms with E-state index in [4.69, 9.17) is 5.73 Å². The van der Waals surface area contributed by atoms with E-state index < -0.39 is 15.4 Å². The zero-order valence-corrected chi connectivity index (χ0v) is 16.9. The Bertz CT molecular complexity index is 1210. The van der Waals surface area contributed by atoms with Crippen molar-refractivity contribution in [1.82, 2.24) is 9.88 Å². The Morgan fingerprint density at radius 1 is 1.10 bits per heavy atom. The third-order valence-corrected chi connectivity index (χ3v) is 6.11. The van der Waals surface area contributed by atoms with Crippen molar-refractivity contribution in [3.8, 4) is 23.3 Å². The van der Waals surface area contributed by atoms with Crippen molar-refractivity contribution in [3.63, 3.8) is 0 Å². The number of nitrogens with zero attached hydrogens (tertiary/aromatic N) is 4. The number of benzene rings is 1. The zero-order chi connectivity index (χ0) is 21.3. The summed E-state index contributed by atoms with van der Waals surface area (Å²) in [4.78, 5) is 18.7. The molecule has 1 fully saturated rings. The fraction of sp³-hybridized carbons (Fsp3) is 0.316. The number of piperazine rings is 1. The molecule has 0 atom stereocenters. The Morgan fingerprint density at radius 3 is 2.28 bits per heavy atom. The van der Waals surface area contributed by atoms with Gasteiger partial charge in [0.15, 0.2) is 9.84 Å². The Hall–Kier alpha value is -3.34. The van der Waals surface area contributed by atoms with E-state index in [1.165, 1.54) is 12.1 Å². The van der Waals surface area contributed by atoms with Crippen molar-refractivity contribution < 1.29 is 8.42 Å². The predicted octanol–water partition coefficient (Wildman–Crippen LogP) is 0.523. The summed E-state index contributed by atoms with van der Waals surface area (Å²) in [5.41, 5.74) is 5.25. The number of likely N-dealkylation sites (N-methyl/N-ethyl adjacent to an activating group) is 1. The van der Waals surface area contributed by atoms with Gasteiger partial charge in [-0.15, -0.1) is 0 Å². The lowest BCUT2D eigenvalue weighted by Gasteiger charge is -2.34. The Kier molecular flexibility index (Phi) is 5.33. The Balaban J connectivity index is 2.29. The molecule has 1 saturated heterocycles. The van der Waals surface area contributed by atoms with Crippen LogP contribution in [0.15, 0.2) is 27.9 Å². The van der Waals surface area contributed by atoms with Crippen LogP contribution in [0.3, 0.4) is 0 Å². The average molecular weight is 412 g/mol. The first-order chi connectivity index (χ1) is 13.7. The quantitative estimate of drug-likeness (QED) is 0.742. The number of anilines is 2. The number of sulfone groups is 1. The number of nitrogens with two attached hydrogens (primary N) is 1. The van der Waals surface area contributed by atoms with Crippen LogP contribution < -0.4 is 16.2 Å². The highest BCUT2D eigenvalue weighted by molar-refractivity contribution is 7.90. The minimum Gasteiger partial charge on any atom is -0.384 e. The number of nitrogens with one attached hydrogen (secondary N) is 1. The van der Waals surface area contributed by atoms with Crippen LogP contribution in [-0.2, 0) is 9.84 Å². The maximum Gasteiger partial charge on any atom is 0.268 e. The molecule has 3 N–H and O–H groups in total. The zero-order valence-electron chi connectivity index (χ0n) is 16.1. The minimum absolute atomic E-state index is 0.0630. The smallest absolute Gasteiger partial charge is 0.268 e. The van der Waals surface area contributed by atoms with E-state index in [-0.39, 0.29) is 33.0 Å². The van der Waals surface area contributed by atoms with Crippen LogP contribution in [0.4, 0.5) is 11.5 Å². The summed E-state index contributed by atoms with van der Waals surface area (Å²) < 4.78 is 25.1. The van der Waals surface area contributed by atoms with Gasteiger partial charge in [0, 0.05) is 49.2 Å². The normalized spacial score (nSPS) is 15.0. The summed E-state index contributed by atoms with van der Waals surface area (Å²) in [7, 11) is -1.72. The van der Waals surface area contributed by atoms with Crippen LogP contribution >= 0.6 is 0 Å². The number of nitriles is 2. The summed E-state index contributed by atoms with van der Waals surface area (Å²) >= 11 is 0. The predicted molar refractivity (Wildman–Crippen MR) is 109 cm³/mol. The molecule has 0 radical (unpaired) electrons. The molecular weight excluding hydrogens is 392 g/mol. The van der Waals surface area contributed by atoms with E-state index in [0.29, 0.717) is 0 Å². The monoisotopic (exact) mass is 412 g/mol. The molecular formula is C19H20N6O3S. The SMILES string of the molecule is CN1CCN(c2ccc(-c3c(C#N)c(N)[nH]c(=O)c3C#N)c(S(C)(=O)=O)c2)CC1. The molecule has 150 valence electrons. The van der Waals surface area contributed by atoms with E-state index >= 15 is 0 Å². The molecule has 3 rings (SSSR count). The molecule has 0 unspecified atom stereocenters. The molecule has 1 aromatic heterocycles. The lowest BCUT2D eigenvalue weighted by atomic mass is 9.96. The third-order valence-electron chi connectivity index (χ3n) is 4.97. The van der Waals surface area contributed by atoms with E-state index in [1.54, 1.807) is 12.1 Å². The Morgan fingerprint density at radius 2 is 1.72 bits per heavy atom. The highest BCUT2D eigenvalue weighted by Gasteiger charge is 2.25. The number of hydrogen-bond acceptors (Lipinski definition) is 8. The van der Waals surface area contributed by atoms with Gasteiger partial charge in [0.25, 0.3) is 5.56 Å². The van der Waals surface area contributed by atoms with Crippen LogP contribution in [0.5, 0.6) is 0 Å². The maximum atomic E-state index is 12.6. The summed E-state index contributed by atoms with van der Waals surface area (Å²) in [6.45, 7) is 3.17. The number of aromatic nitrogens is 1. The van der Waals surface area contributed by atoms with Crippen molar-refractivity contribution in [2.75, 3.05) is 50.1 Å². The molecule has 9 nitrogen and oxygen atoms in total. The molecule has 29 heavy (non-hydrogen) atoms. The van der Waals surface area contributed by atoms with Crippen LogP contribution in [-0.4, -0.2) is 57.8 Å². The van der Waals surface area contributed by atoms with Gasteiger partial charge in [-0.1, -0.05) is 6.07 Å². The molecule has 1 aromatic carbocycles. The van der Waals surface area contributed by atoms with Gasteiger partial charge < -0.3 is 20.5 Å². The number of rotatable bonds is 3. The topological polar surface area (TPSA) is 147 Å². The molecule has 1 aliphatic heterocycles. The molecule has 0 bridgehead atoms. The molecule has 0 amide bonds. The van der Waals surface area contributed by atoms with Gasteiger partial charge in [0.2, 0.25) is 0 Å². The van der Waals surface area contributed by atoms with Gasteiger partial charge in [-0.2, -0.15) is 10.5 Å². The van der Waals surface area contributed by atoms with Crippen molar-refractivity contribution in [1.29, 1.82) is 10.5 Å². The van der Waals surface area contributed by atoms with Crippen molar-refractivity contribution >= 4 is 21.3 Å². The van der Waals surface area contributed by atoms with Gasteiger partial charge in [-0.3, -0.25) is 4.79 Å². The second-order valence-corrected chi connectivity index (χ2v) is 8.94. The highest BCUT2D eigenvalue weighted by Crippen LogP contribution is 2.35. The standard InChI is InChI=1S/C19H20N6O3S/c1-24-5-7-25(8-6-24)12-3-4-13(16(9-12)29(2,27)28)17-14(10-20)18(22)23-19(26)15(17)11-21/h3-4,9H,5-8H2,1-2H3,(H3,22,23,26). The van der Waals surface area contributed by atoms with Gasteiger partial charge in [-0.25, -0.2) is 8.42 Å². The summed E-state index contributed by atoms with van der Waals surface area (Å²) in [6, 6.07) is 8.42. The summed E-state index contributed by atoms with van der Waals surface area (Å²) in [5, 5.41) is 19.0. The summed E-state index contributed by atoms with van der Waals surface area (Å²) in [5.74, 6) is -0.214. The molecule has 0 saturated carbocycles. The van der Waals surface area contributed by atoms with Gasteiger partial charge in [0.05, 0.1) is 4.90 Å². The van der Waals surface area contributed by atoms with Crippen molar-refractivity contribution in [3.05, 3.63) is 39.7 Å². The highest BCUT2D eigenvalue weighted by atomic mass is 32.2. The first-order valence-corrected chi connectivity index (χ1v) is 10.7. The number of H-pyrrole nitrogens is 1. The third kappa shape index (κ3) is 3.81. The molecule has 2 aromatic rings. The van der Waals surface area contributed by atoms with Crippen LogP contribution in [0, 0.1) is 22.7 Å². The van der Waals surface area contributed by atoms with Crippen LogP contribution in [0.2, 0.25) is 0 Å². The second-order valence-electron chi connectivity index (χ2n) is 6.96. The average Bonchev–Trinajstić information content (AvgIpc) is 2.67.